The molecule has 0 atom stereocenters. The van der Waals surface area contributed by atoms with Gasteiger partial charge in [-0.25, -0.2) is 4.79 Å². The van der Waals surface area contributed by atoms with Crippen LogP contribution in [0.1, 0.15) is 26.3 Å². The summed E-state index contributed by atoms with van der Waals surface area (Å²) in [5.74, 6) is -1.37. The predicted octanol–water partition coefficient (Wildman–Crippen LogP) is 3.55. The van der Waals surface area contributed by atoms with Gasteiger partial charge in [0.1, 0.15) is 0 Å². The smallest absolute Gasteiger partial charge is 0.338 e. The van der Waals surface area contributed by atoms with E-state index in [0.29, 0.717) is 16.8 Å². The van der Waals surface area contributed by atoms with Crippen molar-refractivity contribution in [3.05, 3.63) is 62.7 Å². The van der Waals surface area contributed by atoms with Crippen molar-refractivity contribution in [1.82, 2.24) is 0 Å². The summed E-state index contributed by atoms with van der Waals surface area (Å²) in [6.07, 6.45) is 0. The van der Waals surface area contributed by atoms with Crippen molar-refractivity contribution in [2.24, 2.45) is 0 Å². The molecule has 2 aromatic rings. The van der Waals surface area contributed by atoms with E-state index in [0.717, 1.165) is 3.57 Å². The van der Waals surface area contributed by atoms with Gasteiger partial charge in [-0.2, -0.15) is 0 Å². The molecule has 20 heavy (non-hydrogen) atoms. The number of carboxylic acids is 1. The van der Waals surface area contributed by atoms with Crippen LogP contribution in [0.3, 0.4) is 0 Å². The third-order valence-corrected chi connectivity index (χ3v) is 3.79. The molecule has 0 aromatic heterocycles. The maximum Gasteiger partial charge on any atom is 0.338 e. The summed E-state index contributed by atoms with van der Waals surface area (Å²) in [7, 11) is 0. The summed E-state index contributed by atoms with van der Waals surface area (Å²) >= 11 is 2.07. The maximum atomic E-state index is 12.2. The van der Waals surface area contributed by atoms with Gasteiger partial charge in [0.25, 0.3) is 5.91 Å². The average molecular weight is 381 g/mol. The van der Waals surface area contributed by atoms with E-state index >= 15 is 0 Å². The number of carbonyl (C=O) groups is 2. The van der Waals surface area contributed by atoms with E-state index in [9.17, 15) is 14.7 Å². The summed E-state index contributed by atoms with van der Waals surface area (Å²) < 4.78 is 0.812. The molecule has 0 aliphatic carbocycles. The highest BCUT2D eigenvalue weighted by Crippen LogP contribution is 2.21. The molecule has 0 heterocycles. The number of hydrogen-bond acceptors (Lipinski definition) is 2. The summed E-state index contributed by atoms with van der Waals surface area (Å²) in [4.78, 5) is 23.5. The lowest BCUT2D eigenvalue weighted by atomic mass is 10.1. The Kier molecular flexibility index (Phi) is 4.39. The number of benzene rings is 2. The molecule has 2 N–H and O–H groups in total. The number of carboxylic acid groups (broad SMARTS) is 1. The number of aryl methyl sites for hydroxylation is 1. The molecule has 0 aliphatic rings. The second-order valence-corrected chi connectivity index (χ2v) is 5.40. The second-order valence-electron chi connectivity index (χ2n) is 4.24. The number of rotatable bonds is 3. The highest BCUT2D eigenvalue weighted by Gasteiger charge is 2.16. The van der Waals surface area contributed by atoms with Gasteiger partial charge in [-0.3, -0.25) is 4.79 Å². The molecule has 5 heteroatoms. The third-order valence-electron chi connectivity index (χ3n) is 2.85. The molecule has 0 radical (unpaired) electrons. The molecule has 0 saturated heterocycles. The Labute approximate surface area is 130 Å². The fourth-order valence-corrected chi connectivity index (χ4v) is 2.52. The minimum absolute atomic E-state index is 0.117. The van der Waals surface area contributed by atoms with Crippen LogP contribution in [0.4, 0.5) is 5.69 Å². The molecule has 2 rings (SSSR count). The van der Waals surface area contributed by atoms with Gasteiger partial charge in [-0.1, -0.05) is 24.3 Å². The predicted molar refractivity (Wildman–Crippen MR) is 85.3 cm³/mol. The first-order valence-corrected chi connectivity index (χ1v) is 6.97. The standard InChI is InChI=1S/C15H12INO3/c1-9-5-4-8-12(13(9)15(19)20)17-14(18)10-6-2-3-7-11(10)16/h2-8H,1H3,(H,17,18)(H,19,20). The highest BCUT2D eigenvalue weighted by atomic mass is 127. The Morgan fingerprint density at radius 1 is 1.10 bits per heavy atom. The zero-order chi connectivity index (χ0) is 14.7. The molecule has 2 aromatic carbocycles. The minimum atomic E-state index is -1.05. The number of nitrogens with one attached hydrogen (secondary N) is 1. The number of hydrogen-bond donors (Lipinski definition) is 2. The quantitative estimate of drug-likeness (QED) is 0.800. The Bertz CT molecular complexity index is 683. The SMILES string of the molecule is Cc1cccc(NC(=O)c2ccccc2I)c1C(=O)O. The van der Waals surface area contributed by atoms with Crippen LogP contribution in [0.2, 0.25) is 0 Å². The fourth-order valence-electron chi connectivity index (χ4n) is 1.89. The Morgan fingerprint density at radius 2 is 1.80 bits per heavy atom. The van der Waals surface area contributed by atoms with Crippen LogP contribution < -0.4 is 5.32 Å². The molecule has 0 spiro atoms. The summed E-state index contributed by atoms with van der Waals surface area (Å²) in [6.45, 7) is 1.70. The lowest BCUT2D eigenvalue weighted by Gasteiger charge is -2.11. The number of carbonyl (C=O) groups excluding carboxylic acids is 1. The van der Waals surface area contributed by atoms with E-state index in [4.69, 9.17) is 0 Å². The minimum Gasteiger partial charge on any atom is -0.478 e. The van der Waals surface area contributed by atoms with Crippen molar-refractivity contribution in [2.45, 2.75) is 6.92 Å². The topological polar surface area (TPSA) is 66.4 Å². The second kappa shape index (κ2) is 6.04. The molecule has 0 saturated carbocycles. The van der Waals surface area contributed by atoms with Crippen LogP contribution in [0.25, 0.3) is 0 Å². The number of aromatic carboxylic acids is 1. The molecule has 0 fully saturated rings. The number of halogens is 1. The molecule has 1 amide bonds. The van der Waals surface area contributed by atoms with Crippen molar-refractivity contribution in [2.75, 3.05) is 5.32 Å². The van der Waals surface area contributed by atoms with E-state index < -0.39 is 5.97 Å². The first kappa shape index (κ1) is 14.5. The molecule has 4 nitrogen and oxygen atoms in total. The number of amides is 1. The first-order valence-electron chi connectivity index (χ1n) is 5.89. The van der Waals surface area contributed by atoms with Gasteiger partial charge in [-0.05, 0) is 53.3 Å². The van der Waals surface area contributed by atoms with Gasteiger partial charge in [-0.15, -0.1) is 0 Å². The Balaban J connectivity index is 2.36. The van der Waals surface area contributed by atoms with E-state index in [1.807, 2.05) is 12.1 Å². The van der Waals surface area contributed by atoms with Crippen LogP contribution in [0.5, 0.6) is 0 Å². The average Bonchev–Trinajstić information content (AvgIpc) is 2.38. The molecule has 0 unspecified atom stereocenters. The molecule has 102 valence electrons. The van der Waals surface area contributed by atoms with Gasteiger partial charge >= 0.3 is 5.97 Å². The van der Waals surface area contributed by atoms with Crippen LogP contribution in [-0.4, -0.2) is 17.0 Å². The van der Waals surface area contributed by atoms with Crippen molar-refractivity contribution >= 4 is 40.2 Å². The Hall–Kier alpha value is -1.89. The van der Waals surface area contributed by atoms with Gasteiger partial charge in [0.15, 0.2) is 0 Å². The lowest BCUT2D eigenvalue weighted by Crippen LogP contribution is -2.16. The van der Waals surface area contributed by atoms with Gasteiger partial charge in [0.2, 0.25) is 0 Å². The summed E-state index contributed by atoms with van der Waals surface area (Å²) in [5, 5.41) is 11.9. The summed E-state index contributed by atoms with van der Waals surface area (Å²) in [5.41, 5.74) is 1.55. The third kappa shape index (κ3) is 2.98. The van der Waals surface area contributed by atoms with E-state index in [1.54, 1.807) is 37.3 Å². The molecule has 0 bridgehead atoms. The van der Waals surface area contributed by atoms with Crippen LogP contribution >= 0.6 is 22.6 Å². The van der Waals surface area contributed by atoms with E-state index in [2.05, 4.69) is 27.9 Å². The largest absolute Gasteiger partial charge is 0.478 e. The zero-order valence-electron chi connectivity index (χ0n) is 10.7. The van der Waals surface area contributed by atoms with Crippen molar-refractivity contribution < 1.29 is 14.7 Å². The van der Waals surface area contributed by atoms with E-state index in [1.165, 1.54) is 0 Å². The van der Waals surface area contributed by atoms with Gasteiger partial charge < -0.3 is 10.4 Å². The van der Waals surface area contributed by atoms with Crippen molar-refractivity contribution in [3.63, 3.8) is 0 Å². The van der Waals surface area contributed by atoms with Crippen molar-refractivity contribution in [1.29, 1.82) is 0 Å². The molecular formula is C15H12INO3. The molecule has 0 aliphatic heterocycles. The first-order chi connectivity index (χ1) is 9.50. The Morgan fingerprint density at radius 3 is 2.45 bits per heavy atom. The maximum absolute atomic E-state index is 12.2. The monoisotopic (exact) mass is 381 g/mol. The lowest BCUT2D eigenvalue weighted by molar-refractivity contribution is 0.0697. The van der Waals surface area contributed by atoms with E-state index in [-0.39, 0.29) is 11.5 Å². The highest BCUT2D eigenvalue weighted by molar-refractivity contribution is 14.1. The fraction of sp³-hybridized carbons (Fsp3) is 0.0667. The van der Waals surface area contributed by atoms with Gasteiger partial charge in [0.05, 0.1) is 16.8 Å². The molecular weight excluding hydrogens is 369 g/mol. The normalized spacial score (nSPS) is 10.1. The van der Waals surface area contributed by atoms with Crippen LogP contribution in [0.15, 0.2) is 42.5 Å². The zero-order valence-corrected chi connectivity index (χ0v) is 12.8. The van der Waals surface area contributed by atoms with Crippen molar-refractivity contribution in [3.8, 4) is 0 Å². The van der Waals surface area contributed by atoms with Gasteiger partial charge in [0, 0.05) is 3.57 Å². The number of anilines is 1. The van der Waals surface area contributed by atoms with Crippen LogP contribution in [-0.2, 0) is 0 Å². The summed E-state index contributed by atoms with van der Waals surface area (Å²) in [6, 6.07) is 12.1. The van der Waals surface area contributed by atoms with Crippen LogP contribution in [0, 0.1) is 10.5 Å².